The Morgan fingerprint density at radius 3 is 2.78 bits per heavy atom. The van der Waals surface area contributed by atoms with Crippen molar-refractivity contribution in [3.63, 3.8) is 0 Å². The van der Waals surface area contributed by atoms with Crippen molar-refractivity contribution in [2.75, 3.05) is 0 Å². The molecule has 0 saturated carbocycles. The highest BCUT2D eigenvalue weighted by Gasteiger charge is 2.16. The smallest absolute Gasteiger partial charge is 0.138 e. The number of fused-ring (bicyclic) bond motifs is 1. The van der Waals surface area contributed by atoms with Crippen molar-refractivity contribution < 1.29 is 5.11 Å². The Morgan fingerprint density at radius 1 is 1.22 bits per heavy atom. The average Bonchev–Trinajstić information content (AvgIpc) is 2.82. The molecule has 4 nitrogen and oxygen atoms in total. The zero-order valence-corrected chi connectivity index (χ0v) is 10.5. The van der Waals surface area contributed by atoms with Gasteiger partial charge in [-0.1, -0.05) is 6.07 Å². The maximum absolute atomic E-state index is 9.48. The van der Waals surface area contributed by atoms with Gasteiger partial charge in [-0.15, -0.1) is 0 Å². The largest absolute Gasteiger partial charge is 0.389 e. The van der Waals surface area contributed by atoms with E-state index in [2.05, 4.69) is 14.5 Å². The summed E-state index contributed by atoms with van der Waals surface area (Å²) >= 11 is 0. The van der Waals surface area contributed by atoms with E-state index in [1.54, 1.807) is 13.1 Å². The lowest BCUT2D eigenvalue weighted by atomic mass is 10.0. The average molecular weight is 243 g/mol. The number of nitrogens with zero attached hydrogens (tertiary/aromatic N) is 3. The summed E-state index contributed by atoms with van der Waals surface area (Å²) in [5.74, 6) is 0.884. The third kappa shape index (κ3) is 1.93. The molecule has 1 unspecified atom stereocenters. The number of rotatable bonds is 2. The lowest BCUT2D eigenvalue weighted by Gasteiger charge is -2.13. The minimum absolute atomic E-state index is 0.469. The van der Waals surface area contributed by atoms with E-state index in [9.17, 15) is 5.11 Å². The van der Waals surface area contributed by atoms with Crippen LogP contribution in [0.15, 0.2) is 24.7 Å². The number of imidazole rings is 1. The van der Waals surface area contributed by atoms with Gasteiger partial charge in [0.25, 0.3) is 0 Å². The second kappa shape index (κ2) is 4.53. The summed E-state index contributed by atoms with van der Waals surface area (Å²) in [5, 5.41) is 9.48. The highest BCUT2D eigenvalue weighted by atomic mass is 16.3. The van der Waals surface area contributed by atoms with Crippen LogP contribution in [0.4, 0.5) is 0 Å². The number of pyridine rings is 1. The number of aliphatic hydroxyl groups excluding tert-OH is 1. The van der Waals surface area contributed by atoms with Crippen LogP contribution in [0.5, 0.6) is 0 Å². The first-order valence-electron chi connectivity index (χ1n) is 6.45. The van der Waals surface area contributed by atoms with E-state index >= 15 is 0 Å². The molecule has 0 amide bonds. The number of hydrogen-bond acceptors (Lipinski definition) is 3. The molecule has 0 bridgehead atoms. The zero-order chi connectivity index (χ0) is 12.5. The predicted octanol–water partition coefficient (Wildman–Crippen LogP) is 2.20. The van der Waals surface area contributed by atoms with Gasteiger partial charge in [-0.3, -0.25) is 4.57 Å². The molecule has 0 radical (unpaired) electrons. The molecule has 0 aliphatic heterocycles. The van der Waals surface area contributed by atoms with Crippen LogP contribution in [0, 0.1) is 0 Å². The molecule has 2 aromatic rings. The molecule has 0 fully saturated rings. The molecule has 0 saturated heterocycles. The van der Waals surface area contributed by atoms with Crippen molar-refractivity contribution >= 4 is 0 Å². The van der Waals surface area contributed by atoms with Gasteiger partial charge in [0.2, 0.25) is 0 Å². The number of aliphatic hydroxyl groups is 1. The van der Waals surface area contributed by atoms with Gasteiger partial charge in [0.05, 0.1) is 11.8 Å². The summed E-state index contributed by atoms with van der Waals surface area (Å²) in [7, 11) is 0. The third-order valence-electron chi connectivity index (χ3n) is 3.53. The van der Waals surface area contributed by atoms with E-state index in [1.807, 2.05) is 18.5 Å². The monoisotopic (exact) mass is 243 g/mol. The summed E-state index contributed by atoms with van der Waals surface area (Å²) in [4.78, 5) is 8.88. The van der Waals surface area contributed by atoms with E-state index in [4.69, 9.17) is 0 Å². The molecule has 1 aliphatic carbocycles. The predicted molar refractivity (Wildman–Crippen MR) is 68.6 cm³/mol. The van der Waals surface area contributed by atoms with Crippen molar-refractivity contribution in [2.45, 2.75) is 38.7 Å². The molecule has 4 heteroatoms. The van der Waals surface area contributed by atoms with Gasteiger partial charge in [-0.2, -0.15) is 0 Å². The lowest BCUT2D eigenvalue weighted by Crippen LogP contribution is -2.08. The highest BCUT2D eigenvalue weighted by Crippen LogP contribution is 2.22. The molecule has 2 heterocycles. The molecular formula is C14H17N3O. The number of hydrogen-bond donors (Lipinski definition) is 1. The van der Waals surface area contributed by atoms with Gasteiger partial charge < -0.3 is 5.11 Å². The normalized spacial score (nSPS) is 16.3. The van der Waals surface area contributed by atoms with Crippen LogP contribution < -0.4 is 0 Å². The molecule has 0 aromatic carbocycles. The van der Waals surface area contributed by atoms with Crippen LogP contribution in [0.3, 0.4) is 0 Å². The van der Waals surface area contributed by atoms with Crippen LogP contribution in [0.1, 0.15) is 42.8 Å². The number of aryl methyl sites for hydroxylation is 1. The van der Waals surface area contributed by atoms with E-state index in [1.165, 1.54) is 24.2 Å². The minimum atomic E-state index is -0.469. The second-order valence-electron chi connectivity index (χ2n) is 4.84. The molecule has 1 N–H and O–H groups in total. The Morgan fingerprint density at radius 2 is 2.06 bits per heavy atom. The van der Waals surface area contributed by atoms with Gasteiger partial charge in [0, 0.05) is 11.9 Å². The standard InChI is InChI=1S/C14H17N3O/c1-10(18)11-6-7-14(15-8-11)17-9-16-12-4-2-3-5-13(12)17/h6-10,18H,2-5H2,1H3. The van der Waals surface area contributed by atoms with E-state index in [0.717, 1.165) is 24.2 Å². The molecule has 2 aromatic heterocycles. The lowest BCUT2D eigenvalue weighted by molar-refractivity contribution is 0.199. The van der Waals surface area contributed by atoms with Gasteiger partial charge in [0.1, 0.15) is 12.1 Å². The van der Waals surface area contributed by atoms with E-state index in [0.29, 0.717) is 0 Å². The molecule has 18 heavy (non-hydrogen) atoms. The van der Waals surface area contributed by atoms with E-state index in [-0.39, 0.29) is 0 Å². The van der Waals surface area contributed by atoms with Crippen molar-refractivity contribution in [1.82, 2.24) is 14.5 Å². The van der Waals surface area contributed by atoms with Gasteiger partial charge in [-0.25, -0.2) is 9.97 Å². The summed E-state index contributed by atoms with van der Waals surface area (Å²) in [6.07, 6.45) is 7.74. The molecule has 3 rings (SSSR count). The van der Waals surface area contributed by atoms with Crippen molar-refractivity contribution in [2.24, 2.45) is 0 Å². The molecular weight excluding hydrogens is 226 g/mol. The Balaban J connectivity index is 1.97. The summed E-state index contributed by atoms with van der Waals surface area (Å²) < 4.78 is 2.07. The molecule has 1 aliphatic rings. The SMILES string of the molecule is CC(O)c1ccc(-n2cnc3c2CCCC3)nc1. The summed E-state index contributed by atoms with van der Waals surface area (Å²) in [5.41, 5.74) is 3.34. The molecule has 94 valence electrons. The Labute approximate surface area is 106 Å². The third-order valence-corrected chi connectivity index (χ3v) is 3.53. The fourth-order valence-corrected chi connectivity index (χ4v) is 2.45. The van der Waals surface area contributed by atoms with Crippen LogP contribution in [-0.2, 0) is 12.8 Å². The summed E-state index contributed by atoms with van der Waals surface area (Å²) in [6, 6.07) is 3.86. The van der Waals surface area contributed by atoms with Crippen molar-refractivity contribution in [3.05, 3.63) is 41.6 Å². The van der Waals surface area contributed by atoms with Crippen LogP contribution in [0.2, 0.25) is 0 Å². The molecule has 0 spiro atoms. The maximum Gasteiger partial charge on any atom is 0.138 e. The van der Waals surface area contributed by atoms with Crippen molar-refractivity contribution in [3.8, 4) is 5.82 Å². The van der Waals surface area contributed by atoms with Gasteiger partial charge in [0.15, 0.2) is 0 Å². The van der Waals surface area contributed by atoms with Crippen LogP contribution in [-0.4, -0.2) is 19.6 Å². The Bertz CT molecular complexity index is 543. The summed E-state index contributed by atoms with van der Waals surface area (Å²) in [6.45, 7) is 1.75. The van der Waals surface area contributed by atoms with Crippen LogP contribution in [0.25, 0.3) is 5.82 Å². The fraction of sp³-hybridized carbons (Fsp3) is 0.429. The topological polar surface area (TPSA) is 50.9 Å². The maximum atomic E-state index is 9.48. The quantitative estimate of drug-likeness (QED) is 0.879. The fourth-order valence-electron chi connectivity index (χ4n) is 2.45. The Hall–Kier alpha value is -1.68. The van der Waals surface area contributed by atoms with Crippen LogP contribution >= 0.6 is 0 Å². The zero-order valence-electron chi connectivity index (χ0n) is 10.5. The van der Waals surface area contributed by atoms with E-state index < -0.39 is 6.10 Å². The highest BCUT2D eigenvalue weighted by molar-refractivity contribution is 5.31. The first-order valence-corrected chi connectivity index (χ1v) is 6.45. The van der Waals surface area contributed by atoms with Gasteiger partial charge >= 0.3 is 0 Å². The second-order valence-corrected chi connectivity index (χ2v) is 4.84. The van der Waals surface area contributed by atoms with Gasteiger partial charge in [-0.05, 0) is 44.2 Å². The first kappa shape index (κ1) is 11.4. The van der Waals surface area contributed by atoms with Crippen molar-refractivity contribution in [1.29, 1.82) is 0 Å². The first-order chi connectivity index (χ1) is 8.75. The molecule has 1 atom stereocenters. The number of aromatic nitrogens is 3. The minimum Gasteiger partial charge on any atom is -0.389 e. The Kier molecular flexibility index (Phi) is 2.88.